The average Bonchev–Trinajstić information content (AvgIpc) is 3.52. The van der Waals surface area contributed by atoms with E-state index in [2.05, 4.69) is 29.4 Å². The number of rotatable bonds is 6. The topological polar surface area (TPSA) is 119 Å². The molecule has 0 unspecified atom stereocenters. The highest BCUT2D eigenvalue weighted by atomic mass is 32.2. The Morgan fingerprint density at radius 3 is 2.24 bits per heavy atom. The Morgan fingerprint density at radius 1 is 1.00 bits per heavy atom. The van der Waals surface area contributed by atoms with Crippen molar-refractivity contribution in [1.82, 2.24) is 19.4 Å². The summed E-state index contributed by atoms with van der Waals surface area (Å²) in [6.07, 6.45) is 2.31. The number of benzene rings is 1. The molecule has 2 N–H and O–H groups in total. The third kappa shape index (κ3) is 5.71. The second kappa shape index (κ2) is 10.9. The molecule has 200 valence electrons. The van der Waals surface area contributed by atoms with E-state index in [0.29, 0.717) is 42.7 Å². The molecule has 1 aromatic carbocycles. The van der Waals surface area contributed by atoms with Gasteiger partial charge in [0.05, 0.1) is 10.5 Å². The minimum atomic E-state index is -3.58. The van der Waals surface area contributed by atoms with Gasteiger partial charge in [-0.1, -0.05) is 0 Å². The number of fused-ring (bicyclic) bond motifs is 1. The molecular weight excluding hydrogens is 514 g/mol. The van der Waals surface area contributed by atoms with Gasteiger partial charge in [-0.3, -0.25) is 19.8 Å². The largest absolute Gasteiger partial charge is 0.331 e. The first-order valence-electron chi connectivity index (χ1n) is 12.3. The fourth-order valence-corrected chi connectivity index (χ4v) is 7.28. The molecule has 1 aromatic heterocycles. The molecule has 4 amide bonds. The molecule has 0 radical (unpaired) electrons. The average molecular weight is 548 g/mol. The van der Waals surface area contributed by atoms with Gasteiger partial charge < -0.3 is 10.2 Å². The van der Waals surface area contributed by atoms with Gasteiger partial charge >= 0.3 is 6.03 Å². The van der Waals surface area contributed by atoms with E-state index in [1.807, 2.05) is 0 Å². The maximum absolute atomic E-state index is 13.1. The van der Waals surface area contributed by atoms with Gasteiger partial charge in [0.2, 0.25) is 10.0 Å². The van der Waals surface area contributed by atoms with Crippen LogP contribution in [0.3, 0.4) is 0 Å². The minimum Gasteiger partial charge on any atom is -0.331 e. The number of hydrogen-bond donors (Lipinski definition) is 2. The van der Waals surface area contributed by atoms with E-state index in [1.54, 1.807) is 14.1 Å². The lowest BCUT2D eigenvalue weighted by atomic mass is 10.0. The number of thiophene rings is 1. The Hall–Kier alpha value is -2.80. The van der Waals surface area contributed by atoms with Crippen LogP contribution in [0.5, 0.6) is 0 Å². The van der Waals surface area contributed by atoms with Crippen molar-refractivity contribution in [2.45, 2.75) is 50.6 Å². The summed E-state index contributed by atoms with van der Waals surface area (Å²) in [5.74, 6) is -1.02. The van der Waals surface area contributed by atoms with E-state index in [9.17, 15) is 22.8 Å². The summed E-state index contributed by atoms with van der Waals surface area (Å²) in [6, 6.07) is 5.61. The Morgan fingerprint density at radius 2 is 1.65 bits per heavy atom. The molecule has 1 fully saturated rings. The molecule has 37 heavy (non-hydrogen) atoms. The molecule has 0 aliphatic carbocycles. The minimum absolute atomic E-state index is 0.147. The van der Waals surface area contributed by atoms with Gasteiger partial charge in [0.25, 0.3) is 11.8 Å². The summed E-state index contributed by atoms with van der Waals surface area (Å²) >= 11 is 1.33. The molecule has 4 rings (SSSR count). The number of urea groups is 1. The standard InChI is InChI=1S/C25H33N5O5S2/c1-16(2)29-14-11-19-20(15-29)36-24(21(19)23(32)27-25(33)28(3)4)26-22(31)17-7-9-18(10-8-17)37(34,35)30-12-5-6-13-30/h7-10,16H,5-6,11-15H2,1-4H3,(H,26,31)(H,27,32,33). The van der Waals surface area contributed by atoms with E-state index >= 15 is 0 Å². The SMILES string of the molecule is CC(C)N1CCc2c(sc(NC(=O)c3ccc(S(=O)(=O)N4CCCC4)cc3)c2C(=O)NC(=O)N(C)C)C1. The van der Waals surface area contributed by atoms with Crippen LogP contribution in [0.1, 0.15) is 57.8 Å². The lowest BCUT2D eigenvalue weighted by Crippen LogP contribution is -2.40. The zero-order valence-electron chi connectivity index (χ0n) is 21.5. The van der Waals surface area contributed by atoms with Crippen molar-refractivity contribution in [3.05, 3.63) is 45.8 Å². The van der Waals surface area contributed by atoms with E-state index in [-0.39, 0.29) is 10.5 Å². The van der Waals surface area contributed by atoms with Gasteiger partial charge in [-0.2, -0.15) is 4.31 Å². The second-order valence-corrected chi connectivity index (χ2v) is 12.8. The van der Waals surface area contributed by atoms with Gasteiger partial charge in [0, 0.05) is 56.8 Å². The number of carbonyl (C=O) groups is 3. The van der Waals surface area contributed by atoms with Gasteiger partial charge in [-0.05, 0) is 62.9 Å². The molecule has 2 aliphatic rings. The molecule has 12 heteroatoms. The number of sulfonamides is 1. The van der Waals surface area contributed by atoms with Gasteiger partial charge in [0.1, 0.15) is 5.00 Å². The van der Waals surface area contributed by atoms with Crippen LogP contribution in [-0.4, -0.2) is 80.1 Å². The fraction of sp³-hybridized carbons (Fsp3) is 0.480. The van der Waals surface area contributed by atoms with Crippen LogP contribution in [0.25, 0.3) is 0 Å². The van der Waals surface area contributed by atoms with Gasteiger partial charge in [0.15, 0.2) is 0 Å². The molecule has 3 heterocycles. The summed E-state index contributed by atoms with van der Waals surface area (Å²) < 4.78 is 27.0. The Balaban J connectivity index is 1.59. The van der Waals surface area contributed by atoms with Gasteiger partial charge in [-0.15, -0.1) is 11.3 Å². The lowest BCUT2D eigenvalue weighted by molar-refractivity contribution is 0.0956. The second-order valence-electron chi connectivity index (χ2n) is 9.77. The number of carbonyl (C=O) groups excluding carboxylic acids is 3. The molecule has 2 aliphatic heterocycles. The Labute approximate surface area is 221 Å². The number of anilines is 1. The Kier molecular flexibility index (Phi) is 8.02. The number of amides is 4. The van der Waals surface area contributed by atoms with E-state index < -0.39 is 27.9 Å². The fourth-order valence-electron chi connectivity index (χ4n) is 4.49. The maximum atomic E-state index is 13.1. The highest BCUT2D eigenvalue weighted by Crippen LogP contribution is 2.38. The van der Waals surface area contributed by atoms with E-state index in [1.165, 1.54) is 44.8 Å². The van der Waals surface area contributed by atoms with Crippen LogP contribution in [0.4, 0.5) is 9.80 Å². The quantitative estimate of drug-likeness (QED) is 0.574. The number of nitrogens with zero attached hydrogens (tertiary/aromatic N) is 3. The molecule has 0 saturated carbocycles. The van der Waals surface area contributed by atoms with Crippen LogP contribution < -0.4 is 10.6 Å². The third-order valence-corrected chi connectivity index (χ3v) is 9.76. The monoisotopic (exact) mass is 547 g/mol. The molecule has 2 aromatic rings. The molecule has 0 atom stereocenters. The van der Waals surface area contributed by atoms with Crippen molar-refractivity contribution < 1.29 is 22.8 Å². The zero-order chi connectivity index (χ0) is 26.9. The third-order valence-electron chi connectivity index (χ3n) is 6.72. The van der Waals surface area contributed by atoms with Crippen LogP contribution in [0.2, 0.25) is 0 Å². The summed E-state index contributed by atoms with van der Waals surface area (Å²) in [6.45, 7) is 6.64. The maximum Gasteiger partial charge on any atom is 0.323 e. The molecule has 1 saturated heterocycles. The number of imide groups is 1. The summed E-state index contributed by atoms with van der Waals surface area (Å²) in [7, 11) is -0.493. The number of nitrogens with one attached hydrogen (secondary N) is 2. The first kappa shape index (κ1) is 27.2. The lowest BCUT2D eigenvalue weighted by Gasteiger charge is -2.30. The normalized spacial score (nSPS) is 16.5. The van der Waals surface area contributed by atoms with Crippen molar-refractivity contribution >= 4 is 44.2 Å². The first-order valence-corrected chi connectivity index (χ1v) is 14.6. The van der Waals surface area contributed by atoms with E-state index in [4.69, 9.17) is 0 Å². The molecule has 0 bridgehead atoms. The molecular formula is C25H33N5O5S2. The van der Waals surface area contributed by atoms with Crippen LogP contribution >= 0.6 is 11.3 Å². The highest BCUT2D eigenvalue weighted by molar-refractivity contribution is 7.89. The summed E-state index contributed by atoms with van der Waals surface area (Å²) in [5, 5.41) is 5.60. The van der Waals surface area contributed by atoms with Gasteiger partial charge in [-0.25, -0.2) is 13.2 Å². The van der Waals surface area contributed by atoms with Crippen molar-refractivity contribution in [3.63, 3.8) is 0 Å². The van der Waals surface area contributed by atoms with Crippen LogP contribution in [0, 0.1) is 0 Å². The van der Waals surface area contributed by atoms with Crippen LogP contribution in [0.15, 0.2) is 29.2 Å². The summed E-state index contributed by atoms with van der Waals surface area (Å²) in [5.41, 5.74) is 1.42. The smallest absolute Gasteiger partial charge is 0.323 e. The molecule has 0 spiro atoms. The highest BCUT2D eigenvalue weighted by Gasteiger charge is 2.31. The van der Waals surface area contributed by atoms with Crippen LogP contribution in [-0.2, 0) is 23.0 Å². The van der Waals surface area contributed by atoms with Crippen molar-refractivity contribution in [2.24, 2.45) is 0 Å². The zero-order valence-corrected chi connectivity index (χ0v) is 23.2. The van der Waals surface area contributed by atoms with E-state index in [0.717, 1.165) is 29.8 Å². The molecule has 10 nitrogen and oxygen atoms in total. The van der Waals surface area contributed by atoms with Crippen molar-refractivity contribution in [1.29, 1.82) is 0 Å². The first-order chi connectivity index (χ1) is 17.5. The van der Waals surface area contributed by atoms with Crippen molar-refractivity contribution in [3.8, 4) is 0 Å². The Bertz CT molecular complexity index is 1300. The summed E-state index contributed by atoms with van der Waals surface area (Å²) in [4.78, 5) is 43.1. The predicted octanol–water partition coefficient (Wildman–Crippen LogP) is 2.96. The number of hydrogen-bond acceptors (Lipinski definition) is 7. The predicted molar refractivity (Wildman–Crippen MR) is 143 cm³/mol. The van der Waals surface area contributed by atoms with Crippen molar-refractivity contribution in [2.75, 3.05) is 39.0 Å².